The minimum atomic E-state index is -0.206. The zero-order chi connectivity index (χ0) is 10.7. The number of fused-ring (bicyclic) bond motifs is 1. The highest BCUT2D eigenvalue weighted by Gasteiger charge is 2.61. The third kappa shape index (κ3) is 2.38. The van der Waals surface area contributed by atoms with E-state index in [9.17, 15) is 5.11 Å². The first-order valence-electron chi connectivity index (χ1n) is 7.01. The van der Waals surface area contributed by atoms with Crippen molar-refractivity contribution in [3.63, 3.8) is 0 Å². The van der Waals surface area contributed by atoms with Gasteiger partial charge in [0.05, 0.1) is 5.60 Å². The first-order chi connectivity index (χ1) is 7.29. The molecule has 0 aromatic rings. The molecular formula is C14H26O. The first-order valence-corrected chi connectivity index (χ1v) is 7.01. The smallest absolute Gasteiger partial charge is 0.0711 e. The van der Waals surface area contributed by atoms with Gasteiger partial charge in [0.1, 0.15) is 0 Å². The van der Waals surface area contributed by atoms with Crippen molar-refractivity contribution >= 4 is 0 Å². The number of hydrogen-bond donors (Lipinski definition) is 1. The van der Waals surface area contributed by atoms with Crippen LogP contribution < -0.4 is 0 Å². The number of unbranched alkanes of at least 4 members (excludes halogenated alkanes) is 3. The van der Waals surface area contributed by atoms with E-state index in [0.717, 1.165) is 6.42 Å². The molecule has 0 bridgehead atoms. The standard InChI is InChI=1S/C14H26O/c1-2-3-4-6-9-12-13-10-7-5-8-11-14(12,13)15/h12-13,15H,2-11H2,1H3. The van der Waals surface area contributed by atoms with Crippen LogP contribution in [0, 0.1) is 11.8 Å². The molecule has 2 aliphatic rings. The highest BCUT2D eigenvalue weighted by atomic mass is 16.3. The molecule has 88 valence electrons. The summed E-state index contributed by atoms with van der Waals surface area (Å²) in [5.74, 6) is 1.36. The maximum absolute atomic E-state index is 10.4. The number of rotatable bonds is 5. The molecule has 2 aliphatic carbocycles. The van der Waals surface area contributed by atoms with Gasteiger partial charge in [0.25, 0.3) is 0 Å². The van der Waals surface area contributed by atoms with Crippen molar-refractivity contribution in [3.05, 3.63) is 0 Å². The summed E-state index contributed by atoms with van der Waals surface area (Å²) >= 11 is 0. The fourth-order valence-electron chi connectivity index (χ4n) is 3.60. The van der Waals surface area contributed by atoms with Crippen molar-refractivity contribution in [1.82, 2.24) is 0 Å². The van der Waals surface area contributed by atoms with Crippen molar-refractivity contribution in [2.45, 2.75) is 76.7 Å². The van der Waals surface area contributed by atoms with E-state index < -0.39 is 0 Å². The Morgan fingerprint density at radius 3 is 2.80 bits per heavy atom. The molecule has 0 spiro atoms. The third-order valence-electron chi connectivity index (χ3n) is 4.62. The van der Waals surface area contributed by atoms with E-state index in [1.165, 1.54) is 57.8 Å². The van der Waals surface area contributed by atoms with Crippen LogP contribution in [0.5, 0.6) is 0 Å². The van der Waals surface area contributed by atoms with Crippen LogP contribution in [0.15, 0.2) is 0 Å². The molecule has 2 rings (SSSR count). The molecule has 3 atom stereocenters. The lowest BCUT2D eigenvalue weighted by Gasteiger charge is -2.08. The summed E-state index contributed by atoms with van der Waals surface area (Å²) in [7, 11) is 0. The quantitative estimate of drug-likeness (QED) is 0.682. The van der Waals surface area contributed by atoms with Gasteiger partial charge in [0.15, 0.2) is 0 Å². The Bertz CT molecular complexity index is 202. The second kappa shape index (κ2) is 4.86. The Labute approximate surface area is 94.3 Å². The molecule has 0 radical (unpaired) electrons. The van der Waals surface area contributed by atoms with Crippen LogP contribution >= 0.6 is 0 Å². The van der Waals surface area contributed by atoms with Crippen LogP contribution in [0.1, 0.15) is 71.1 Å². The van der Waals surface area contributed by atoms with Crippen molar-refractivity contribution in [3.8, 4) is 0 Å². The van der Waals surface area contributed by atoms with Crippen molar-refractivity contribution in [1.29, 1.82) is 0 Å². The van der Waals surface area contributed by atoms with Gasteiger partial charge >= 0.3 is 0 Å². The summed E-state index contributed by atoms with van der Waals surface area (Å²) in [6.45, 7) is 2.26. The van der Waals surface area contributed by atoms with Gasteiger partial charge in [0, 0.05) is 0 Å². The minimum Gasteiger partial charge on any atom is -0.389 e. The molecule has 0 aromatic heterocycles. The molecule has 2 saturated carbocycles. The second-order valence-corrected chi connectivity index (χ2v) is 5.65. The van der Waals surface area contributed by atoms with Crippen molar-refractivity contribution < 1.29 is 5.11 Å². The van der Waals surface area contributed by atoms with E-state index in [4.69, 9.17) is 0 Å². The molecular weight excluding hydrogens is 184 g/mol. The van der Waals surface area contributed by atoms with Crippen LogP contribution in [-0.2, 0) is 0 Å². The first kappa shape index (κ1) is 11.4. The summed E-state index contributed by atoms with van der Waals surface area (Å²) in [6.07, 6.45) is 13.1. The van der Waals surface area contributed by atoms with Crippen LogP contribution in [-0.4, -0.2) is 10.7 Å². The highest BCUT2D eigenvalue weighted by Crippen LogP contribution is 2.59. The van der Waals surface area contributed by atoms with Gasteiger partial charge in [-0.15, -0.1) is 0 Å². The summed E-state index contributed by atoms with van der Waals surface area (Å²) < 4.78 is 0. The van der Waals surface area contributed by atoms with Crippen molar-refractivity contribution in [2.75, 3.05) is 0 Å². The van der Waals surface area contributed by atoms with Gasteiger partial charge in [-0.2, -0.15) is 0 Å². The summed E-state index contributed by atoms with van der Waals surface area (Å²) in [5, 5.41) is 10.4. The fraction of sp³-hybridized carbons (Fsp3) is 1.00. The fourth-order valence-corrected chi connectivity index (χ4v) is 3.60. The Morgan fingerprint density at radius 1 is 1.13 bits per heavy atom. The van der Waals surface area contributed by atoms with E-state index >= 15 is 0 Å². The monoisotopic (exact) mass is 210 g/mol. The molecule has 1 N–H and O–H groups in total. The lowest BCUT2D eigenvalue weighted by molar-refractivity contribution is 0.107. The number of hydrogen-bond acceptors (Lipinski definition) is 1. The maximum atomic E-state index is 10.4. The molecule has 1 nitrogen and oxygen atoms in total. The molecule has 0 aromatic carbocycles. The average Bonchev–Trinajstić information content (AvgIpc) is 2.82. The summed E-state index contributed by atoms with van der Waals surface area (Å²) in [4.78, 5) is 0. The van der Waals surface area contributed by atoms with Gasteiger partial charge in [-0.05, 0) is 31.1 Å². The van der Waals surface area contributed by atoms with E-state index in [-0.39, 0.29) is 5.60 Å². The third-order valence-corrected chi connectivity index (χ3v) is 4.62. The molecule has 3 unspecified atom stereocenters. The normalized spacial score (nSPS) is 39.6. The van der Waals surface area contributed by atoms with Crippen LogP contribution in [0.3, 0.4) is 0 Å². The molecule has 0 heterocycles. The number of aliphatic hydroxyl groups is 1. The summed E-state index contributed by atoms with van der Waals surface area (Å²) in [6, 6.07) is 0. The van der Waals surface area contributed by atoms with E-state index in [0.29, 0.717) is 11.8 Å². The molecule has 0 aliphatic heterocycles. The van der Waals surface area contributed by atoms with Gasteiger partial charge in [-0.3, -0.25) is 0 Å². The average molecular weight is 210 g/mol. The van der Waals surface area contributed by atoms with Gasteiger partial charge in [-0.25, -0.2) is 0 Å². The Kier molecular flexibility index (Phi) is 3.71. The van der Waals surface area contributed by atoms with Crippen molar-refractivity contribution in [2.24, 2.45) is 11.8 Å². The SMILES string of the molecule is CCCCCCC1C2CCCCCC12O. The van der Waals surface area contributed by atoms with E-state index in [1.807, 2.05) is 0 Å². The van der Waals surface area contributed by atoms with Gasteiger partial charge in [0.2, 0.25) is 0 Å². The summed E-state index contributed by atoms with van der Waals surface area (Å²) in [5.41, 5.74) is -0.206. The zero-order valence-corrected chi connectivity index (χ0v) is 10.2. The Hall–Kier alpha value is -0.0400. The highest BCUT2D eigenvalue weighted by molar-refractivity contribution is 5.12. The largest absolute Gasteiger partial charge is 0.389 e. The molecule has 0 saturated heterocycles. The van der Waals surface area contributed by atoms with Gasteiger partial charge < -0.3 is 5.11 Å². The van der Waals surface area contributed by atoms with Crippen LogP contribution in [0.25, 0.3) is 0 Å². The zero-order valence-electron chi connectivity index (χ0n) is 10.2. The second-order valence-electron chi connectivity index (χ2n) is 5.65. The Balaban J connectivity index is 1.71. The predicted octanol–water partition coefficient (Wildman–Crippen LogP) is 3.90. The van der Waals surface area contributed by atoms with E-state index in [2.05, 4.69) is 6.92 Å². The lowest BCUT2D eigenvalue weighted by atomic mass is 10.0. The topological polar surface area (TPSA) is 20.2 Å². The molecule has 0 amide bonds. The minimum absolute atomic E-state index is 0.206. The lowest BCUT2D eigenvalue weighted by Crippen LogP contribution is -2.11. The van der Waals surface area contributed by atoms with Crippen LogP contribution in [0.4, 0.5) is 0 Å². The molecule has 1 heteroatoms. The van der Waals surface area contributed by atoms with Gasteiger partial charge in [-0.1, -0.05) is 51.9 Å². The predicted molar refractivity (Wildman–Crippen MR) is 63.8 cm³/mol. The maximum Gasteiger partial charge on any atom is 0.0711 e. The molecule has 2 fully saturated rings. The molecule has 15 heavy (non-hydrogen) atoms. The van der Waals surface area contributed by atoms with Crippen LogP contribution in [0.2, 0.25) is 0 Å². The van der Waals surface area contributed by atoms with E-state index in [1.54, 1.807) is 0 Å². The Morgan fingerprint density at radius 2 is 2.00 bits per heavy atom.